The number of hydrogen-bond acceptors (Lipinski definition) is 2. The van der Waals surface area contributed by atoms with E-state index in [1.54, 1.807) is 6.07 Å². The molecule has 23 heavy (non-hydrogen) atoms. The van der Waals surface area contributed by atoms with E-state index < -0.39 is 48.2 Å². The number of rotatable bonds is 8. The van der Waals surface area contributed by atoms with Crippen molar-refractivity contribution in [2.24, 2.45) is 0 Å². The lowest BCUT2D eigenvalue weighted by Crippen LogP contribution is -2.52. The van der Waals surface area contributed by atoms with Crippen LogP contribution >= 0.6 is 11.8 Å². The number of benzene rings is 1. The van der Waals surface area contributed by atoms with Crippen molar-refractivity contribution in [3.8, 4) is 0 Å². The first-order chi connectivity index (χ1) is 10.6. The predicted octanol–water partition coefficient (Wildman–Crippen LogP) is 4.87. The first-order valence-electron chi connectivity index (χ1n) is 6.45. The van der Waals surface area contributed by atoms with E-state index in [-0.39, 0.29) is 5.56 Å². The molecular weight excluding hydrogens is 349 g/mol. The van der Waals surface area contributed by atoms with Gasteiger partial charge in [0.15, 0.2) is 6.17 Å². The molecule has 0 amide bonds. The van der Waals surface area contributed by atoms with Gasteiger partial charge in [0, 0.05) is 17.7 Å². The van der Waals surface area contributed by atoms with E-state index in [4.69, 9.17) is 0 Å². The molecule has 0 N–H and O–H groups in total. The number of hydrogen-bond donors (Lipinski definition) is 0. The lowest BCUT2D eigenvalue weighted by atomic mass is 10.0. The summed E-state index contributed by atoms with van der Waals surface area (Å²) in [6.07, 6.45) is -8.85. The molecule has 2 atom stereocenters. The Kier molecular flexibility index (Phi) is 6.91. The van der Waals surface area contributed by atoms with Gasteiger partial charge in [-0.25, -0.2) is 13.2 Å². The molecule has 0 fully saturated rings. The number of halogens is 7. The second kappa shape index (κ2) is 8.03. The van der Waals surface area contributed by atoms with Crippen LogP contribution in [-0.2, 0) is 0 Å². The maximum atomic E-state index is 13.4. The molecule has 0 heterocycles. The van der Waals surface area contributed by atoms with Crippen molar-refractivity contribution in [3.63, 3.8) is 0 Å². The van der Waals surface area contributed by atoms with Gasteiger partial charge in [-0.3, -0.25) is 4.79 Å². The van der Waals surface area contributed by atoms with Crippen LogP contribution in [0, 0.1) is 0 Å². The van der Waals surface area contributed by atoms with Gasteiger partial charge in [0.1, 0.15) is 6.67 Å². The molecule has 1 nitrogen and oxygen atoms in total. The van der Waals surface area contributed by atoms with Crippen LogP contribution in [0.5, 0.6) is 0 Å². The normalized spacial score (nSPS) is 15.3. The van der Waals surface area contributed by atoms with Crippen LogP contribution in [0.25, 0.3) is 0 Å². The van der Waals surface area contributed by atoms with Crippen molar-refractivity contribution in [2.45, 2.75) is 30.6 Å². The largest absolute Gasteiger partial charge is 0.343 e. The van der Waals surface area contributed by atoms with Crippen molar-refractivity contribution in [1.29, 1.82) is 0 Å². The van der Waals surface area contributed by atoms with E-state index >= 15 is 0 Å². The minimum Gasteiger partial charge on any atom is -0.282 e. The zero-order valence-electron chi connectivity index (χ0n) is 11.6. The Morgan fingerprint density at radius 1 is 1.09 bits per heavy atom. The van der Waals surface area contributed by atoms with Crippen molar-refractivity contribution in [3.05, 3.63) is 35.9 Å². The third kappa shape index (κ3) is 4.86. The van der Waals surface area contributed by atoms with Crippen LogP contribution < -0.4 is 0 Å². The summed E-state index contributed by atoms with van der Waals surface area (Å²) in [6, 6.07) is 7.50. The van der Waals surface area contributed by atoms with E-state index in [0.717, 1.165) is 0 Å². The summed E-state index contributed by atoms with van der Waals surface area (Å²) >= 11 is 0.356. The van der Waals surface area contributed by atoms with Crippen molar-refractivity contribution in [1.82, 2.24) is 0 Å². The Bertz CT molecular complexity index is 509. The highest BCUT2D eigenvalue weighted by Gasteiger charge is 2.63. The smallest absolute Gasteiger partial charge is 0.282 e. The standard InChI is InChI=1S/C14H13F7OS/c15-8-10(16)11(17)14(20,21)13(18,19)6-7-23-12(22)9-4-2-1-3-5-9/h1-5,10-11H,6-8H2. The highest BCUT2D eigenvalue weighted by atomic mass is 32.2. The first kappa shape index (κ1) is 19.8. The van der Waals surface area contributed by atoms with Crippen LogP contribution in [0.4, 0.5) is 30.7 Å². The van der Waals surface area contributed by atoms with E-state index in [1.165, 1.54) is 24.3 Å². The molecule has 0 saturated carbocycles. The molecule has 1 aromatic carbocycles. The lowest BCUT2D eigenvalue weighted by molar-refractivity contribution is -0.249. The Morgan fingerprint density at radius 2 is 1.65 bits per heavy atom. The molecule has 0 aliphatic rings. The minimum atomic E-state index is -5.37. The second-order valence-corrected chi connectivity index (χ2v) is 5.72. The molecule has 0 bridgehead atoms. The summed E-state index contributed by atoms with van der Waals surface area (Å²) in [5.74, 6) is -11.0. The molecule has 0 spiro atoms. The van der Waals surface area contributed by atoms with Crippen molar-refractivity contribution in [2.75, 3.05) is 12.4 Å². The average molecular weight is 362 g/mol. The summed E-state index contributed by atoms with van der Waals surface area (Å²) in [5.41, 5.74) is 0.192. The fourth-order valence-electron chi connectivity index (χ4n) is 1.60. The van der Waals surface area contributed by atoms with Crippen LogP contribution in [0.3, 0.4) is 0 Å². The summed E-state index contributed by atoms with van der Waals surface area (Å²) < 4.78 is 90.8. The highest BCUT2D eigenvalue weighted by molar-refractivity contribution is 8.14. The minimum absolute atomic E-state index is 0.192. The molecule has 1 aromatic rings. The number of carbonyl (C=O) groups excluding carboxylic acids is 1. The van der Waals surface area contributed by atoms with Gasteiger partial charge in [0.25, 0.3) is 0 Å². The Labute approximate surface area is 132 Å². The topological polar surface area (TPSA) is 17.1 Å². The van der Waals surface area contributed by atoms with Gasteiger partial charge in [0.2, 0.25) is 11.3 Å². The van der Waals surface area contributed by atoms with Crippen LogP contribution in [0.15, 0.2) is 30.3 Å². The van der Waals surface area contributed by atoms with E-state index in [0.29, 0.717) is 11.8 Å². The summed E-state index contributed by atoms with van der Waals surface area (Å²) in [7, 11) is 0. The zero-order chi connectivity index (χ0) is 17.7. The van der Waals surface area contributed by atoms with E-state index in [1.807, 2.05) is 0 Å². The lowest BCUT2D eigenvalue weighted by Gasteiger charge is -2.29. The summed E-state index contributed by atoms with van der Waals surface area (Å²) in [6.45, 7) is -2.13. The molecule has 9 heteroatoms. The van der Waals surface area contributed by atoms with Gasteiger partial charge >= 0.3 is 11.8 Å². The quantitative estimate of drug-likeness (QED) is 0.614. The second-order valence-electron chi connectivity index (χ2n) is 4.65. The predicted molar refractivity (Wildman–Crippen MR) is 73.5 cm³/mol. The fourth-order valence-corrected chi connectivity index (χ4v) is 2.45. The molecule has 0 aromatic heterocycles. The summed E-state index contributed by atoms with van der Waals surface area (Å²) in [4.78, 5) is 11.6. The number of thioether (sulfide) groups is 1. The Balaban J connectivity index is 2.62. The monoisotopic (exact) mass is 362 g/mol. The molecule has 0 saturated heterocycles. The average Bonchev–Trinajstić information content (AvgIpc) is 2.53. The van der Waals surface area contributed by atoms with Gasteiger partial charge < -0.3 is 0 Å². The van der Waals surface area contributed by atoms with Crippen LogP contribution in [0.2, 0.25) is 0 Å². The molecule has 130 valence electrons. The van der Waals surface area contributed by atoms with E-state index in [2.05, 4.69) is 0 Å². The molecule has 0 aliphatic heterocycles. The molecule has 1 rings (SSSR count). The fraction of sp³-hybridized carbons (Fsp3) is 0.500. The SMILES string of the molecule is O=C(SCCC(F)(F)C(F)(F)C(F)C(F)CF)c1ccccc1. The van der Waals surface area contributed by atoms with Crippen LogP contribution in [-0.4, -0.2) is 41.7 Å². The molecule has 0 radical (unpaired) electrons. The highest BCUT2D eigenvalue weighted by Crippen LogP contribution is 2.43. The van der Waals surface area contributed by atoms with Crippen LogP contribution in [0.1, 0.15) is 16.8 Å². The van der Waals surface area contributed by atoms with E-state index in [9.17, 15) is 35.5 Å². The van der Waals surface area contributed by atoms with Crippen molar-refractivity contribution < 1.29 is 35.5 Å². The Morgan fingerprint density at radius 3 is 2.17 bits per heavy atom. The van der Waals surface area contributed by atoms with Gasteiger partial charge in [-0.1, -0.05) is 42.1 Å². The van der Waals surface area contributed by atoms with Gasteiger partial charge in [-0.2, -0.15) is 17.6 Å². The number of carbonyl (C=O) groups is 1. The summed E-state index contributed by atoms with van der Waals surface area (Å²) in [5, 5.41) is -0.617. The third-order valence-corrected chi connectivity index (χ3v) is 3.86. The Hall–Kier alpha value is -1.25. The number of alkyl halides is 7. The molecule has 2 unspecified atom stereocenters. The van der Waals surface area contributed by atoms with Gasteiger partial charge in [-0.05, 0) is 0 Å². The van der Waals surface area contributed by atoms with Crippen molar-refractivity contribution >= 4 is 16.9 Å². The first-order valence-corrected chi connectivity index (χ1v) is 7.44. The molecular formula is C14H13F7OS. The molecule has 0 aliphatic carbocycles. The van der Waals surface area contributed by atoms with Gasteiger partial charge in [0.05, 0.1) is 0 Å². The maximum Gasteiger partial charge on any atom is 0.343 e. The maximum absolute atomic E-state index is 13.4. The zero-order valence-corrected chi connectivity index (χ0v) is 12.4. The third-order valence-electron chi connectivity index (χ3n) is 2.96. The van der Waals surface area contributed by atoms with Gasteiger partial charge in [-0.15, -0.1) is 0 Å².